The highest BCUT2D eigenvalue weighted by molar-refractivity contribution is 5.81. The monoisotopic (exact) mass is 342 g/mol. The van der Waals surface area contributed by atoms with Crippen molar-refractivity contribution in [3.8, 4) is 17.2 Å². The molecule has 0 bridgehead atoms. The predicted molar refractivity (Wildman–Crippen MR) is 88.2 cm³/mol. The lowest BCUT2D eigenvalue weighted by atomic mass is 10.1. The zero-order valence-electron chi connectivity index (χ0n) is 13.8. The molecule has 4 rings (SSSR count). The second kappa shape index (κ2) is 6.12. The number of benzene rings is 1. The van der Waals surface area contributed by atoms with E-state index in [1.165, 1.54) is 0 Å². The normalized spacial score (nSPS) is 16.3. The molecule has 2 aromatic rings. The van der Waals surface area contributed by atoms with Gasteiger partial charge in [-0.2, -0.15) is 0 Å². The minimum absolute atomic E-state index is 0.0968. The molecule has 0 fully saturated rings. The highest BCUT2D eigenvalue weighted by Crippen LogP contribution is 2.35. The van der Waals surface area contributed by atoms with Crippen LogP contribution in [0.2, 0.25) is 0 Å². The molecule has 2 aliphatic rings. The first-order valence-electron chi connectivity index (χ1n) is 8.05. The quantitative estimate of drug-likeness (QED) is 0.893. The maximum absolute atomic E-state index is 12.7. The maximum atomic E-state index is 12.7. The van der Waals surface area contributed by atoms with E-state index in [1.54, 1.807) is 36.2 Å². The van der Waals surface area contributed by atoms with E-state index < -0.39 is 6.10 Å². The fourth-order valence-electron chi connectivity index (χ4n) is 2.97. The molecule has 0 radical (unpaired) electrons. The number of nitrogens with zero attached hydrogens (tertiary/aromatic N) is 3. The first-order chi connectivity index (χ1) is 12.1. The number of nitrogens with two attached hydrogens (primary N) is 1. The van der Waals surface area contributed by atoms with Crippen molar-refractivity contribution in [1.29, 1.82) is 0 Å². The van der Waals surface area contributed by atoms with Crippen LogP contribution in [-0.4, -0.2) is 40.2 Å². The zero-order valence-corrected chi connectivity index (χ0v) is 13.8. The summed E-state index contributed by atoms with van der Waals surface area (Å²) >= 11 is 0. The van der Waals surface area contributed by atoms with Gasteiger partial charge in [-0.05, 0) is 31.0 Å². The largest absolute Gasteiger partial charge is 0.481 e. The SMILES string of the molecule is CC(Oc1ccc2c(c1)OCO2)C(=O)N1CCc2cnc(N)nc2C1. The summed E-state index contributed by atoms with van der Waals surface area (Å²) in [6.45, 7) is 2.95. The van der Waals surface area contributed by atoms with Gasteiger partial charge in [-0.15, -0.1) is 0 Å². The maximum Gasteiger partial charge on any atom is 0.263 e. The zero-order chi connectivity index (χ0) is 17.4. The smallest absolute Gasteiger partial charge is 0.263 e. The number of rotatable bonds is 3. The van der Waals surface area contributed by atoms with Gasteiger partial charge in [0.05, 0.1) is 12.2 Å². The number of nitrogen functional groups attached to an aromatic ring is 1. The van der Waals surface area contributed by atoms with Crippen LogP contribution in [0.1, 0.15) is 18.2 Å². The Morgan fingerprint density at radius 3 is 3.08 bits per heavy atom. The molecular weight excluding hydrogens is 324 g/mol. The molecule has 0 aliphatic carbocycles. The number of carbonyl (C=O) groups is 1. The Kier molecular flexibility index (Phi) is 3.79. The van der Waals surface area contributed by atoms with Crippen LogP contribution in [-0.2, 0) is 17.8 Å². The number of fused-ring (bicyclic) bond motifs is 2. The van der Waals surface area contributed by atoms with Gasteiger partial charge in [0.1, 0.15) is 5.75 Å². The second-order valence-electron chi connectivity index (χ2n) is 5.99. The molecule has 0 spiro atoms. The van der Waals surface area contributed by atoms with Crippen LogP contribution >= 0.6 is 0 Å². The molecule has 1 atom stereocenters. The topological polar surface area (TPSA) is 99.8 Å². The molecule has 1 amide bonds. The van der Waals surface area contributed by atoms with Crippen molar-refractivity contribution < 1.29 is 19.0 Å². The second-order valence-corrected chi connectivity index (χ2v) is 5.99. The van der Waals surface area contributed by atoms with Gasteiger partial charge in [-0.25, -0.2) is 9.97 Å². The first-order valence-corrected chi connectivity index (χ1v) is 8.05. The van der Waals surface area contributed by atoms with Crippen LogP contribution in [0.15, 0.2) is 24.4 Å². The van der Waals surface area contributed by atoms with Gasteiger partial charge < -0.3 is 24.8 Å². The lowest BCUT2D eigenvalue weighted by Gasteiger charge is -2.30. The number of amides is 1. The van der Waals surface area contributed by atoms with Gasteiger partial charge in [0.2, 0.25) is 12.7 Å². The van der Waals surface area contributed by atoms with Crippen molar-refractivity contribution in [2.45, 2.75) is 26.0 Å². The Bertz CT molecular complexity index is 826. The minimum Gasteiger partial charge on any atom is -0.481 e. The van der Waals surface area contributed by atoms with E-state index in [0.29, 0.717) is 36.8 Å². The molecule has 3 heterocycles. The van der Waals surface area contributed by atoms with Gasteiger partial charge >= 0.3 is 0 Å². The summed E-state index contributed by atoms with van der Waals surface area (Å²) in [6, 6.07) is 5.26. The van der Waals surface area contributed by atoms with E-state index in [4.69, 9.17) is 19.9 Å². The third-order valence-corrected chi connectivity index (χ3v) is 4.28. The van der Waals surface area contributed by atoms with Crippen LogP contribution in [0.25, 0.3) is 0 Å². The van der Waals surface area contributed by atoms with Crippen molar-refractivity contribution in [3.05, 3.63) is 35.7 Å². The first kappa shape index (κ1) is 15.5. The molecule has 1 unspecified atom stereocenters. The molecule has 8 nitrogen and oxygen atoms in total. The fraction of sp³-hybridized carbons (Fsp3) is 0.353. The summed E-state index contributed by atoms with van der Waals surface area (Å²) < 4.78 is 16.4. The molecule has 0 saturated carbocycles. The van der Waals surface area contributed by atoms with Crippen LogP contribution in [0, 0.1) is 0 Å². The molecule has 2 aliphatic heterocycles. The van der Waals surface area contributed by atoms with E-state index >= 15 is 0 Å². The Morgan fingerprint density at radius 2 is 2.20 bits per heavy atom. The Labute approximate surface area is 144 Å². The van der Waals surface area contributed by atoms with Crippen LogP contribution in [0.4, 0.5) is 5.95 Å². The molecule has 1 aromatic heterocycles. The number of hydrogen-bond donors (Lipinski definition) is 1. The van der Waals surface area contributed by atoms with Gasteiger partial charge in [0.15, 0.2) is 17.6 Å². The Morgan fingerprint density at radius 1 is 1.36 bits per heavy atom. The average molecular weight is 342 g/mol. The van der Waals surface area contributed by atoms with Crippen LogP contribution < -0.4 is 19.9 Å². The van der Waals surface area contributed by atoms with E-state index in [9.17, 15) is 4.79 Å². The summed E-state index contributed by atoms with van der Waals surface area (Å²) in [5.41, 5.74) is 7.46. The summed E-state index contributed by atoms with van der Waals surface area (Å²) in [5.74, 6) is 1.99. The molecule has 0 saturated heterocycles. The number of aromatic nitrogens is 2. The standard InChI is InChI=1S/C17H18N4O4/c1-10(25-12-2-3-14-15(6-12)24-9-23-14)16(22)21-5-4-11-7-19-17(18)20-13(11)8-21/h2-3,6-7,10H,4-5,8-9H2,1H3,(H2,18,19,20). The fourth-order valence-corrected chi connectivity index (χ4v) is 2.97. The number of ether oxygens (including phenoxy) is 3. The minimum atomic E-state index is -0.624. The van der Waals surface area contributed by atoms with Gasteiger partial charge in [0, 0.05) is 18.8 Å². The van der Waals surface area contributed by atoms with Crippen LogP contribution in [0.3, 0.4) is 0 Å². The predicted octanol–water partition coefficient (Wildman–Crippen LogP) is 1.14. The summed E-state index contributed by atoms with van der Waals surface area (Å²) in [4.78, 5) is 22.7. The Balaban J connectivity index is 1.44. The van der Waals surface area contributed by atoms with Gasteiger partial charge in [-0.3, -0.25) is 4.79 Å². The summed E-state index contributed by atoms with van der Waals surface area (Å²) in [6.07, 6.45) is 1.81. The van der Waals surface area contributed by atoms with E-state index in [1.807, 2.05) is 0 Å². The van der Waals surface area contributed by atoms with Gasteiger partial charge in [0.25, 0.3) is 5.91 Å². The van der Waals surface area contributed by atoms with Crippen molar-refractivity contribution in [1.82, 2.24) is 14.9 Å². The lowest BCUT2D eigenvalue weighted by Crippen LogP contribution is -2.43. The number of carbonyl (C=O) groups excluding carboxylic acids is 1. The molecule has 2 N–H and O–H groups in total. The summed E-state index contributed by atoms with van der Waals surface area (Å²) in [5, 5.41) is 0. The van der Waals surface area contributed by atoms with E-state index in [0.717, 1.165) is 11.3 Å². The van der Waals surface area contributed by atoms with Crippen molar-refractivity contribution in [2.75, 3.05) is 19.1 Å². The lowest BCUT2D eigenvalue weighted by molar-refractivity contribution is -0.139. The number of anilines is 1. The Hall–Kier alpha value is -3.03. The third-order valence-electron chi connectivity index (χ3n) is 4.28. The average Bonchev–Trinajstić information content (AvgIpc) is 3.08. The molecule has 1 aromatic carbocycles. The van der Waals surface area contributed by atoms with E-state index in [2.05, 4.69) is 9.97 Å². The van der Waals surface area contributed by atoms with Crippen molar-refractivity contribution in [3.63, 3.8) is 0 Å². The van der Waals surface area contributed by atoms with Crippen molar-refractivity contribution in [2.24, 2.45) is 0 Å². The van der Waals surface area contributed by atoms with Crippen LogP contribution in [0.5, 0.6) is 17.2 Å². The molecule has 25 heavy (non-hydrogen) atoms. The number of hydrogen-bond acceptors (Lipinski definition) is 7. The molecular formula is C17H18N4O4. The van der Waals surface area contributed by atoms with E-state index in [-0.39, 0.29) is 18.6 Å². The van der Waals surface area contributed by atoms with Gasteiger partial charge in [-0.1, -0.05) is 0 Å². The highest BCUT2D eigenvalue weighted by Gasteiger charge is 2.27. The summed E-state index contributed by atoms with van der Waals surface area (Å²) in [7, 11) is 0. The highest BCUT2D eigenvalue weighted by atomic mass is 16.7. The molecule has 130 valence electrons. The third kappa shape index (κ3) is 3.02. The van der Waals surface area contributed by atoms with Crippen molar-refractivity contribution >= 4 is 11.9 Å². The molecule has 8 heteroatoms.